The topological polar surface area (TPSA) is 61.5 Å². The number of hydrogen-bond acceptors (Lipinski definition) is 4. The maximum Gasteiger partial charge on any atom is 0.340 e. The van der Waals surface area contributed by atoms with Crippen LogP contribution in [0.1, 0.15) is 31.1 Å². The van der Waals surface area contributed by atoms with Crippen LogP contribution in [0, 0.1) is 0 Å². The zero-order valence-corrected chi connectivity index (χ0v) is 11.9. The second-order valence-corrected chi connectivity index (χ2v) is 5.43. The normalized spacial score (nSPS) is 11.1. The molecule has 0 bridgehead atoms. The minimum Gasteiger partial charge on any atom is -0.496 e. The van der Waals surface area contributed by atoms with Gasteiger partial charge in [0, 0.05) is 5.69 Å². The summed E-state index contributed by atoms with van der Waals surface area (Å²) in [7, 11) is 1.52. The lowest BCUT2D eigenvalue weighted by atomic mass is 10.1. The van der Waals surface area contributed by atoms with Crippen molar-refractivity contribution in [3.63, 3.8) is 0 Å². The van der Waals surface area contributed by atoms with E-state index < -0.39 is 11.6 Å². The first-order valence-corrected chi connectivity index (χ1v) is 5.90. The highest BCUT2D eigenvalue weighted by Crippen LogP contribution is 2.30. The van der Waals surface area contributed by atoms with Gasteiger partial charge in [0.05, 0.1) is 17.1 Å². The van der Waals surface area contributed by atoms with Gasteiger partial charge in [0.25, 0.3) is 0 Å². The third-order valence-corrected chi connectivity index (χ3v) is 2.56. The van der Waals surface area contributed by atoms with Crippen molar-refractivity contribution < 1.29 is 14.3 Å². The summed E-state index contributed by atoms with van der Waals surface area (Å²) in [5, 5.41) is 0. The number of carbonyl (C=O) groups excluding carboxylic acids is 1. The van der Waals surface area contributed by atoms with Gasteiger partial charge in [-0.3, -0.25) is 0 Å². The molecule has 5 heteroatoms. The van der Waals surface area contributed by atoms with Crippen LogP contribution in [0.3, 0.4) is 0 Å². The standard InChI is InChI=1S/C12H16BrNO3/c1-12(2,3)17-11(15)7-5-10(16-4)8(13)6-9(7)14/h5-6H,14H2,1-4H3. The molecular weight excluding hydrogens is 286 g/mol. The van der Waals surface area contributed by atoms with Crippen molar-refractivity contribution in [2.24, 2.45) is 0 Å². The summed E-state index contributed by atoms with van der Waals surface area (Å²) < 4.78 is 11.1. The summed E-state index contributed by atoms with van der Waals surface area (Å²) in [5.74, 6) is 0.0841. The number of esters is 1. The molecule has 1 aromatic rings. The summed E-state index contributed by atoms with van der Waals surface area (Å²) in [4.78, 5) is 11.9. The fourth-order valence-electron chi connectivity index (χ4n) is 1.24. The first-order valence-electron chi connectivity index (χ1n) is 5.11. The van der Waals surface area contributed by atoms with Crippen LogP contribution in [0.5, 0.6) is 5.75 Å². The number of rotatable bonds is 2. The molecule has 0 fully saturated rings. The summed E-state index contributed by atoms with van der Waals surface area (Å²) in [6.45, 7) is 5.41. The molecule has 17 heavy (non-hydrogen) atoms. The Morgan fingerprint density at radius 3 is 2.41 bits per heavy atom. The smallest absolute Gasteiger partial charge is 0.340 e. The van der Waals surface area contributed by atoms with Crippen molar-refractivity contribution in [2.45, 2.75) is 26.4 Å². The van der Waals surface area contributed by atoms with Crippen molar-refractivity contribution in [3.8, 4) is 5.75 Å². The highest BCUT2D eigenvalue weighted by molar-refractivity contribution is 9.10. The van der Waals surface area contributed by atoms with E-state index >= 15 is 0 Å². The van der Waals surface area contributed by atoms with Gasteiger partial charge >= 0.3 is 5.97 Å². The molecule has 0 aliphatic carbocycles. The molecule has 0 saturated carbocycles. The van der Waals surface area contributed by atoms with Crippen molar-refractivity contribution in [2.75, 3.05) is 12.8 Å². The number of anilines is 1. The molecule has 0 unspecified atom stereocenters. The van der Waals surface area contributed by atoms with Gasteiger partial charge in [0.1, 0.15) is 11.4 Å². The van der Waals surface area contributed by atoms with E-state index in [2.05, 4.69) is 15.9 Å². The first-order chi connectivity index (χ1) is 7.74. The number of nitrogens with two attached hydrogens (primary N) is 1. The zero-order chi connectivity index (χ0) is 13.2. The molecule has 0 spiro atoms. The second kappa shape index (κ2) is 4.96. The molecule has 0 radical (unpaired) electrons. The van der Waals surface area contributed by atoms with E-state index in [1.165, 1.54) is 7.11 Å². The molecule has 0 aliphatic heterocycles. The molecule has 0 atom stereocenters. The second-order valence-electron chi connectivity index (χ2n) is 4.58. The van der Waals surface area contributed by atoms with Crippen LogP contribution in [0.15, 0.2) is 16.6 Å². The number of methoxy groups -OCH3 is 1. The Morgan fingerprint density at radius 2 is 1.94 bits per heavy atom. The fourth-order valence-corrected chi connectivity index (χ4v) is 1.76. The molecule has 4 nitrogen and oxygen atoms in total. The summed E-state index contributed by atoms with van der Waals surface area (Å²) in [5.41, 5.74) is 5.89. The van der Waals surface area contributed by atoms with Crippen molar-refractivity contribution >= 4 is 27.6 Å². The number of benzene rings is 1. The number of ether oxygens (including phenoxy) is 2. The molecule has 0 aromatic heterocycles. The average Bonchev–Trinajstić information content (AvgIpc) is 2.14. The quantitative estimate of drug-likeness (QED) is 0.674. The van der Waals surface area contributed by atoms with E-state index in [1.807, 2.05) is 0 Å². The van der Waals surface area contributed by atoms with Gasteiger partial charge in [-0.25, -0.2) is 4.79 Å². The molecule has 1 aromatic carbocycles. The lowest BCUT2D eigenvalue weighted by Gasteiger charge is -2.20. The third-order valence-electron chi connectivity index (χ3n) is 1.94. The van der Waals surface area contributed by atoms with E-state index in [0.29, 0.717) is 21.5 Å². The van der Waals surface area contributed by atoms with Gasteiger partial charge in [0.15, 0.2) is 0 Å². The fraction of sp³-hybridized carbons (Fsp3) is 0.417. The van der Waals surface area contributed by atoms with E-state index in [4.69, 9.17) is 15.2 Å². The Bertz CT molecular complexity index is 438. The Balaban J connectivity index is 3.10. The minimum atomic E-state index is -0.552. The van der Waals surface area contributed by atoms with E-state index in [-0.39, 0.29) is 0 Å². The van der Waals surface area contributed by atoms with Crippen LogP contribution in [-0.2, 0) is 4.74 Å². The maximum absolute atomic E-state index is 11.9. The molecule has 0 aliphatic rings. The van der Waals surface area contributed by atoms with Crippen molar-refractivity contribution in [3.05, 3.63) is 22.2 Å². The van der Waals surface area contributed by atoms with Gasteiger partial charge in [0.2, 0.25) is 0 Å². The molecular formula is C12H16BrNO3. The average molecular weight is 302 g/mol. The summed E-state index contributed by atoms with van der Waals surface area (Å²) in [6, 6.07) is 3.19. The van der Waals surface area contributed by atoms with Gasteiger partial charge in [-0.1, -0.05) is 0 Å². The predicted molar refractivity (Wildman–Crippen MR) is 70.3 cm³/mol. The van der Waals surface area contributed by atoms with Gasteiger partial charge < -0.3 is 15.2 Å². The number of nitrogen functional groups attached to an aromatic ring is 1. The van der Waals surface area contributed by atoms with E-state index in [1.54, 1.807) is 32.9 Å². The highest BCUT2D eigenvalue weighted by atomic mass is 79.9. The maximum atomic E-state index is 11.9. The SMILES string of the molecule is COc1cc(C(=O)OC(C)(C)C)c(N)cc1Br. The summed E-state index contributed by atoms with van der Waals surface area (Å²) in [6.07, 6.45) is 0. The Kier molecular flexibility index (Phi) is 4.03. The van der Waals surface area contributed by atoms with Gasteiger partial charge in [-0.2, -0.15) is 0 Å². The number of carbonyl (C=O) groups is 1. The molecule has 0 amide bonds. The predicted octanol–water partition coefficient (Wildman–Crippen LogP) is 3.00. The molecule has 2 N–H and O–H groups in total. The van der Waals surface area contributed by atoms with Gasteiger partial charge in [-0.05, 0) is 48.8 Å². The van der Waals surface area contributed by atoms with Crippen LogP contribution in [0.4, 0.5) is 5.69 Å². The molecule has 94 valence electrons. The Morgan fingerprint density at radius 1 is 1.35 bits per heavy atom. The van der Waals surface area contributed by atoms with Crippen LogP contribution < -0.4 is 10.5 Å². The molecule has 0 saturated heterocycles. The largest absolute Gasteiger partial charge is 0.496 e. The lowest BCUT2D eigenvalue weighted by Crippen LogP contribution is -2.24. The summed E-state index contributed by atoms with van der Waals surface area (Å²) >= 11 is 3.29. The minimum absolute atomic E-state index is 0.306. The van der Waals surface area contributed by atoms with Crippen molar-refractivity contribution in [1.29, 1.82) is 0 Å². The first kappa shape index (κ1) is 13.8. The monoisotopic (exact) mass is 301 g/mol. The van der Waals surface area contributed by atoms with Crippen molar-refractivity contribution in [1.82, 2.24) is 0 Å². The number of halogens is 1. The molecule has 1 rings (SSSR count). The number of hydrogen-bond donors (Lipinski definition) is 1. The Labute approximate surface area is 109 Å². The van der Waals surface area contributed by atoms with E-state index in [0.717, 1.165) is 0 Å². The zero-order valence-electron chi connectivity index (χ0n) is 10.3. The molecule has 0 heterocycles. The highest BCUT2D eigenvalue weighted by Gasteiger charge is 2.21. The van der Waals surface area contributed by atoms with Crippen LogP contribution in [0.25, 0.3) is 0 Å². The lowest BCUT2D eigenvalue weighted by molar-refractivity contribution is 0.00704. The van der Waals surface area contributed by atoms with E-state index in [9.17, 15) is 4.79 Å². The van der Waals surface area contributed by atoms with Gasteiger partial charge in [-0.15, -0.1) is 0 Å². The Hall–Kier alpha value is -1.23. The third kappa shape index (κ3) is 3.63. The van der Waals surface area contributed by atoms with Crippen LogP contribution >= 0.6 is 15.9 Å². The van der Waals surface area contributed by atoms with Crippen LogP contribution in [0.2, 0.25) is 0 Å². The van der Waals surface area contributed by atoms with Crippen LogP contribution in [-0.4, -0.2) is 18.7 Å².